The number of thiophene rings is 1. The van der Waals surface area contributed by atoms with Crippen LogP contribution in [0.4, 0.5) is 17.1 Å². The SMILES string of the molecule is Cc1cc2c3ccccc3ccc2c2cc(N(c3ccccc3)c3ccc4c5ccccc5n(-c5ccc6sc7ccccc7c6c5)c4c3)ccc12. The fourth-order valence-corrected chi connectivity index (χ4v) is 9.56. The zero-order valence-corrected chi connectivity index (χ0v) is 29.4. The van der Waals surface area contributed by atoms with Crippen LogP contribution < -0.4 is 4.90 Å². The Morgan fingerprint density at radius 3 is 1.92 bits per heavy atom. The molecule has 2 nitrogen and oxygen atoms in total. The molecule has 0 unspecified atom stereocenters. The molecular weight excluding hydrogens is 649 g/mol. The van der Waals surface area contributed by atoms with Gasteiger partial charge in [-0.2, -0.15) is 0 Å². The van der Waals surface area contributed by atoms with Gasteiger partial charge in [0.25, 0.3) is 0 Å². The van der Waals surface area contributed by atoms with E-state index in [0.29, 0.717) is 0 Å². The molecule has 52 heavy (non-hydrogen) atoms. The van der Waals surface area contributed by atoms with Crippen LogP contribution in [0.2, 0.25) is 0 Å². The zero-order chi connectivity index (χ0) is 34.3. The van der Waals surface area contributed by atoms with E-state index in [1.807, 2.05) is 11.3 Å². The first-order valence-electron chi connectivity index (χ1n) is 17.8. The largest absolute Gasteiger partial charge is 0.310 e. The molecule has 11 rings (SSSR count). The van der Waals surface area contributed by atoms with Crippen LogP contribution in [0, 0.1) is 6.92 Å². The Hall–Kier alpha value is -6.42. The first-order valence-corrected chi connectivity index (χ1v) is 18.7. The Balaban J connectivity index is 1.16. The fraction of sp³-hybridized carbons (Fsp3) is 0.0204. The van der Waals surface area contributed by atoms with Gasteiger partial charge in [0, 0.05) is 53.7 Å². The van der Waals surface area contributed by atoms with E-state index in [4.69, 9.17) is 0 Å². The predicted molar refractivity (Wildman–Crippen MR) is 226 cm³/mol. The van der Waals surface area contributed by atoms with Crippen molar-refractivity contribution in [1.82, 2.24) is 4.57 Å². The lowest BCUT2D eigenvalue weighted by Crippen LogP contribution is -2.10. The van der Waals surface area contributed by atoms with E-state index in [0.717, 1.165) is 17.1 Å². The lowest BCUT2D eigenvalue weighted by Gasteiger charge is -2.26. The summed E-state index contributed by atoms with van der Waals surface area (Å²) in [6.07, 6.45) is 0. The molecule has 2 heterocycles. The van der Waals surface area contributed by atoms with Gasteiger partial charge in [-0.3, -0.25) is 0 Å². The molecule has 0 N–H and O–H groups in total. The summed E-state index contributed by atoms with van der Waals surface area (Å²) in [6, 6.07) is 64.9. The van der Waals surface area contributed by atoms with Crippen molar-refractivity contribution in [1.29, 1.82) is 0 Å². The van der Waals surface area contributed by atoms with Gasteiger partial charge in [-0.1, -0.05) is 109 Å². The molecule has 0 aliphatic carbocycles. The van der Waals surface area contributed by atoms with Gasteiger partial charge in [-0.05, 0) is 112 Å². The third-order valence-electron chi connectivity index (χ3n) is 10.9. The normalized spacial score (nSPS) is 11.9. The Kier molecular flexibility index (Phi) is 6.37. The smallest absolute Gasteiger partial charge is 0.0561 e. The summed E-state index contributed by atoms with van der Waals surface area (Å²) >= 11 is 1.86. The third kappa shape index (κ3) is 4.36. The molecule has 0 fully saturated rings. The maximum atomic E-state index is 2.45. The summed E-state index contributed by atoms with van der Waals surface area (Å²) in [5.74, 6) is 0. The van der Waals surface area contributed by atoms with Gasteiger partial charge >= 0.3 is 0 Å². The van der Waals surface area contributed by atoms with Crippen LogP contribution in [0.25, 0.3) is 80.0 Å². The topological polar surface area (TPSA) is 8.17 Å². The van der Waals surface area contributed by atoms with Gasteiger partial charge < -0.3 is 9.47 Å². The zero-order valence-electron chi connectivity index (χ0n) is 28.5. The second-order valence-electron chi connectivity index (χ2n) is 13.8. The number of nitrogens with zero attached hydrogens (tertiary/aromatic N) is 2. The van der Waals surface area contributed by atoms with Crippen molar-refractivity contribution in [3.05, 3.63) is 181 Å². The lowest BCUT2D eigenvalue weighted by atomic mass is 9.94. The van der Waals surface area contributed by atoms with Crippen LogP contribution in [0.1, 0.15) is 5.56 Å². The minimum absolute atomic E-state index is 1.12. The standard InChI is InChI=1S/C49H32N2S/c1-31-27-43-38-14-6-5-11-32(38)19-23-39(43)44-28-34(20-24-37(31)44)50(33-12-3-2-4-13-33)36-21-25-41-40-15-7-9-17-46(40)51(47(41)30-36)35-22-26-49-45(29-35)42-16-8-10-18-48(42)52-49/h2-30H,1H3. The molecular formula is C49H32N2S. The van der Waals surface area contributed by atoms with E-state index in [9.17, 15) is 0 Å². The molecule has 0 bridgehead atoms. The molecule has 0 aliphatic rings. The van der Waals surface area contributed by atoms with Gasteiger partial charge in [-0.15, -0.1) is 11.3 Å². The molecule has 0 aliphatic heterocycles. The maximum Gasteiger partial charge on any atom is 0.0561 e. The molecule has 9 aromatic carbocycles. The fourth-order valence-electron chi connectivity index (χ4n) is 8.47. The van der Waals surface area contributed by atoms with Gasteiger partial charge in [0.2, 0.25) is 0 Å². The van der Waals surface area contributed by atoms with Gasteiger partial charge in [0.15, 0.2) is 0 Å². The second kappa shape index (κ2) is 11.3. The van der Waals surface area contributed by atoms with E-state index in [1.54, 1.807) is 0 Å². The van der Waals surface area contributed by atoms with Gasteiger partial charge in [-0.25, -0.2) is 0 Å². The third-order valence-corrected chi connectivity index (χ3v) is 12.0. The second-order valence-corrected chi connectivity index (χ2v) is 14.9. The van der Waals surface area contributed by atoms with Crippen LogP contribution in [0.15, 0.2) is 176 Å². The highest BCUT2D eigenvalue weighted by molar-refractivity contribution is 7.25. The number of aromatic nitrogens is 1. The Labute approximate surface area is 305 Å². The highest BCUT2D eigenvalue weighted by Crippen LogP contribution is 2.43. The number of hydrogen-bond acceptors (Lipinski definition) is 2. The van der Waals surface area contributed by atoms with Crippen LogP contribution in [-0.2, 0) is 0 Å². The summed E-state index contributed by atoms with van der Waals surface area (Å²) < 4.78 is 5.09. The first kappa shape index (κ1) is 29.3. The Bertz CT molecular complexity index is 3200. The maximum absolute atomic E-state index is 2.45. The van der Waals surface area contributed by atoms with Gasteiger partial charge in [0.1, 0.15) is 0 Å². The quantitative estimate of drug-likeness (QED) is 0.168. The number of anilines is 3. The van der Waals surface area contributed by atoms with Crippen molar-refractivity contribution in [2.75, 3.05) is 4.90 Å². The highest BCUT2D eigenvalue weighted by atomic mass is 32.1. The molecule has 3 heteroatoms. The Morgan fingerprint density at radius 1 is 0.385 bits per heavy atom. The lowest BCUT2D eigenvalue weighted by molar-refractivity contribution is 1.18. The number of aryl methyl sites for hydroxylation is 1. The monoisotopic (exact) mass is 680 g/mol. The van der Waals surface area contributed by atoms with Crippen LogP contribution in [0.3, 0.4) is 0 Å². The van der Waals surface area contributed by atoms with Crippen molar-refractivity contribution in [2.24, 2.45) is 0 Å². The summed E-state index contributed by atoms with van der Waals surface area (Å²) in [7, 11) is 0. The molecule has 11 aromatic rings. The summed E-state index contributed by atoms with van der Waals surface area (Å²) in [5, 5.41) is 12.8. The van der Waals surface area contributed by atoms with E-state index < -0.39 is 0 Å². The number of rotatable bonds is 4. The minimum atomic E-state index is 1.12. The predicted octanol–water partition coefficient (Wildman–Crippen LogP) is 14.4. The van der Waals surface area contributed by atoms with Crippen LogP contribution in [0.5, 0.6) is 0 Å². The molecule has 2 aromatic heterocycles. The first-order chi connectivity index (χ1) is 25.7. The average molecular weight is 681 g/mol. The molecule has 0 saturated carbocycles. The van der Waals surface area contributed by atoms with Crippen LogP contribution in [-0.4, -0.2) is 4.57 Å². The van der Waals surface area contributed by atoms with Crippen molar-refractivity contribution in [2.45, 2.75) is 6.92 Å². The number of fused-ring (bicyclic) bond motifs is 11. The van der Waals surface area contributed by atoms with E-state index in [1.165, 1.54) is 85.5 Å². The summed E-state index contributed by atoms with van der Waals surface area (Å²) in [4.78, 5) is 2.41. The van der Waals surface area contributed by atoms with E-state index in [2.05, 4.69) is 192 Å². The van der Waals surface area contributed by atoms with Gasteiger partial charge in [0.05, 0.1) is 11.0 Å². The van der Waals surface area contributed by atoms with Crippen LogP contribution >= 0.6 is 11.3 Å². The van der Waals surface area contributed by atoms with E-state index >= 15 is 0 Å². The Morgan fingerprint density at radius 2 is 1.04 bits per heavy atom. The van der Waals surface area contributed by atoms with Crippen molar-refractivity contribution in [3.63, 3.8) is 0 Å². The summed E-state index contributed by atoms with van der Waals surface area (Å²) in [6.45, 7) is 2.24. The number of benzene rings is 9. The molecule has 244 valence electrons. The summed E-state index contributed by atoms with van der Waals surface area (Å²) in [5.41, 5.74) is 8.23. The minimum Gasteiger partial charge on any atom is -0.310 e. The molecule has 0 amide bonds. The average Bonchev–Trinajstić information content (AvgIpc) is 3.73. The molecule has 0 spiro atoms. The molecule has 0 atom stereocenters. The van der Waals surface area contributed by atoms with Crippen molar-refractivity contribution >= 4 is 103 Å². The highest BCUT2D eigenvalue weighted by Gasteiger charge is 2.19. The van der Waals surface area contributed by atoms with E-state index in [-0.39, 0.29) is 0 Å². The number of para-hydroxylation sites is 2. The number of hydrogen-bond donors (Lipinski definition) is 0. The van der Waals surface area contributed by atoms with Crippen molar-refractivity contribution in [3.8, 4) is 5.69 Å². The molecule has 0 saturated heterocycles. The van der Waals surface area contributed by atoms with Crippen molar-refractivity contribution < 1.29 is 0 Å². The molecule has 0 radical (unpaired) electrons.